The first kappa shape index (κ1) is 26.7. The molecule has 190 valence electrons. The standard InChI is InChI=1S/C26H29FN4O5/c1-4-14(2)22(23(33)21-15(3)24(34)31-26(21)36)30-20(32)13-18(16-9-6-5-7-10-16)29-25(35)17-11-8-12-19(27)28-17/h5-12,14-15,18,21-22H,4,13H2,1-3H3,(H,29,35)(H,30,32)(H,31,34,36)/t14-,15-,18-,21+,22-/m0/s1. The van der Waals surface area contributed by atoms with Crippen LogP contribution in [0.25, 0.3) is 0 Å². The van der Waals surface area contributed by atoms with Crippen molar-refractivity contribution < 1.29 is 28.4 Å². The molecule has 2 aromatic rings. The number of ketones is 1. The second kappa shape index (κ2) is 11.7. The molecule has 0 aliphatic carbocycles. The molecule has 1 saturated heterocycles. The van der Waals surface area contributed by atoms with E-state index < -0.39 is 59.3 Å². The van der Waals surface area contributed by atoms with E-state index in [1.165, 1.54) is 19.1 Å². The minimum atomic E-state index is -1.18. The Morgan fingerprint density at radius 1 is 1.03 bits per heavy atom. The van der Waals surface area contributed by atoms with E-state index >= 15 is 0 Å². The fourth-order valence-electron chi connectivity index (χ4n) is 4.11. The smallest absolute Gasteiger partial charge is 0.270 e. The monoisotopic (exact) mass is 496 g/mol. The number of rotatable bonds is 10. The van der Waals surface area contributed by atoms with Gasteiger partial charge in [0.2, 0.25) is 23.7 Å². The molecule has 3 N–H and O–H groups in total. The molecule has 2 heterocycles. The Balaban J connectivity index is 1.79. The van der Waals surface area contributed by atoms with Crippen LogP contribution in [-0.4, -0.2) is 40.4 Å². The van der Waals surface area contributed by atoms with Gasteiger partial charge in [0.25, 0.3) is 5.91 Å². The molecule has 9 nitrogen and oxygen atoms in total. The molecule has 1 aromatic heterocycles. The second-order valence-corrected chi connectivity index (χ2v) is 8.94. The lowest BCUT2D eigenvalue weighted by Crippen LogP contribution is -2.50. The molecular weight excluding hydrogens is 467 g/mol. The molecule has 4 amide bonds. The van der Waals surface area contributed by atoms with Gasteiger partial charge in [-0.25, -0.2) is 4.98 Å². The quantitative estimate of drug-likeness (QED) is 0.262. The van der Waals surface area contributed by atoms with Crippen molar-refractivity contribution in [1.82, 2.24) is 20.9 Å². The van der Waals surface area contributed by atoms with Gasteiger partial charge >= 0.3 is 0 Å². The Kier molecular flexibility index (Phi) is 8.63. The van der Waals surface area contributed by atoms with Gasteiger partial charge in [0.05, 0.1) is 24.4 Å². The zero-order chi connectivity index (χ0) is 26.4. The van der Waals surface area contributed by atoms with Gasteiger partial charge in [-0.2, -0.15) is 4.39 Å². The van der Waals surface area contributed by atoms with Crippen molar-refractivity contribution in [2.24, 2.45) is 17.8 Å². The molecule has 1 fully saturated rings. The van der Waals surface area contributed by atoms with Crippen molar-refractivity contribution in [2.45, 2.75) is 45.7 Å². The summed E-state index contributed by atoms with van der Waals surface area (Å²) in [5.74, 6) is -6.05. The number of carbonyl (C=O) groups excluding carboxylic acids is 5. The molecule has 0 bridgehead atoms. The van der Waals surface area contributed by atoms with Crippen LogP contribution >= 0.6 is 0 Å². The van der Waals surface area contributed by atoms with E-state index in [4.69, 9.17) is 0 Å². The van der Waals surface area contributed by atoms with E-state index in [1.807, 2.05) is 6.92 Å². The van der Waals surface area contributed by atoms with Gasteiger partial charge < -0.3 is 10.6 Å². The summed E-state index contributed by atoms with van der Waals surface area (Å²) in [7, 11) is 0. The SMILES string of the molecule is CC[C@H](C)[C@H](NC(=O)C[C@H](NC(=O)c1cccc(F)n1)c1ccccc1)C(=O)[C@@H]1C(=O)NC(=O)[C@H]1C. The third-order valence-corrected chi connectivity index (χ3v) is 6.43. The Hall–Kier alpha value is -3.95. The molecule has 0 unspecified atom stereocenters. The average Bonchev–Trinajstić information content (AvgIpc) is 3.12. The minimum absolute atomic E-state index is 0.144. The van der Waals surface area contributed by atoms with Gasteiger partial charge in [0.15, 0.2) is 5.78 Å². The summed E-state index contributed by atoms with van der Waals surface area (Å²) in [5, 5.41) is 7.59. The molecule has 0 saturated carbocycles. The highest BCUT2D eigenvalue weighted by atomic mass is 19.1. The third-order valence-electron chi connectivity index (χ3n) is 6.43. The summed E-state index contributed by atoms with van der Waals surface area (Å²) in [6, 6.07) is 10.8. The number of carbonyl (C=O) groups is 5. The van der Waals surface area contributed by atoms with Crippen LogP contribution in [0.4, 0.5) is 4.39 Å². The highest BCUT2D eigenvalue weighted by molar-refractivity contribution is 6.16. The summed E-state index contributed by atoms with van der Waals surface area (Å²) < 4.78 is 13.5. The van der Waals surface area contributed by atoms with Crippen LogP contribution in [0.1, 0.15) is 55.7 Å². The van der Waals surface area contributed by atoms with Crippen molar-refractivity contribution in [3.8, 4) is 0 Å². The van der Waals surface area contributed by atoms with Gasteiger partial charge in [0, 0.05) is 0 Å². The van der Waals surface area contributed by atoms with E-state index in [9.17, 15) is 28.4 Å². The number of halogens is 1. The van der Waals surface area contributed by atoms with Crippen LogP contribution in [0, 0.1) is 23.7 Å². The fourth-order valence-corrected chi connectivity index (χ4v) is 4.11. The van der Waals surface area contributed by atoms with Crippen molar-refractivity contribution in [3.05, 3.63) is 65.7 Å². The molecule has 1 aliphatic heterocycles. The number of nitrogens with zero attached hydrogens (tertiary/aromatic N) is 1. The zero-order valence-electron chi connectivity index (χ0n) is 20.3. The van der Waals surface area contributed by atoms with E-state index in [2.05, 4.69) is 20.9 Å². The minimum Gasteiger partial charge on any atom is -0.346 e. The summed E-state index contributed by atoms with van der Waals surface area (Å²) in [6.45, 7) is 5.12. The number of nitrogens with one attached hydrogen (secondary N) is 3. The van der Waals surface area contributed by atoms with Gasteiger partial charge in [-0.1, -0.05) is 63.6 Å². The van der Waals surface area contributed by atoms with Gasteiger partial charge in [-0.15, -0.1) is 0 Å². The topological polar surface area (TPSA) is 134 Å². The molecule has 10 heteroatoms. The van der Waals surface area contributed by atoms with Crippen LogP contribution in [0.2, 0.25) is 0 Å². The second-order valence-electron chi connectivity index (χ2n) is 8.94. The lowest BCUT2D eigenvalue weighted by molar-refractivity contribution is -0.137. The van der Waals surface area contributed by atoms with Crippen molar-refractivity contribution in [3.63, 3.8) is 0 Å². The van der Waals surface area contributed by atoms with Crippen molar-refractivity contribution in [2.75, 3.05) is 0 Å². The Labute approximate surface area is 208 Å². The Morgan fingerprint density at radius 2 is 1.72 bits per heavy atom. The third kappa shape index (κ3) is 6.18. The maximum atomic E-state index is 13.5. The number of hydrogen-bond acceptors (Lipinski definition) is 6. The number of hydrogen-bond donors (Lipinski definition) is 3. The lowest BCUT2D eigenvalue weighted by Gasteiger charge is -2.27. The summed E-state index contributed by atoms with van der Waals surface area (Å²) in [5.41, 5.74) is 0.480. The molecule has 1 aliphatic rings. The Bertz CT molecular complexity index is 1160. The van der Waals surface area contributed by atoms with E-state index in [0.29, 0.717) is 12.0 Å². The molecule has 3 rings (SSSR count). The first-order valence-electron chi connectivity index (χ1n) is 11.8. The predicted molar refractivity (Wildman–Crippen MR) is 128 cm³/mol. The molecular formula is C26H29FN4O5. The van der Waals surface area contributed by atoms with E-state index in [0.717, 1.165) is 6.07 Å². The number of benzene rings is 1. The highest BCUT2D eigenvalue weighted by Gasteiger charge is 2.46. The first-order chi connectivity index (χ1) is 17.1. The molecule has 36 heavy (non-hydrogen) atoms. The lowest BCUT2D eigenvalue weighted by atomic mass is 9.83. The highest BCUT2D eigenvalue weighted by Crippen LogP contribution is 2.25. The van der Waals surface area contributed by atoms with E-state index in [1.54, 1.807) is 37.3 Å². The van der Waals surface area contributed by atoms with Crippen LogP contribution in [0.5, 0.6) is 0 Å². The molecule has 0 spiro atoms. The predicted octanol–water partition coefficient (Wildman–Crippen LogP) is 2.09. The number of imide groups is 1. The normalized spacial score (nSPS) is 19.7. The average molecular weight is 497 g/mol. The van der Waals surface area contributed by atoms with Crippen LogP contribution in [0.3, 0.4) is 0 Å². The number of aromatic nitrogens is 1. The maximum Gasteiger partial charge on any atom is 0.270 e. The molecule has 1 aromatic carbocycles. The van der Waals surface area contributed by atoms with Crippen molar-refractivity contribution in [1.29, 1.82) is 0 Å². The van der Waals surface area contributed by atoms with Crippen LogP contribution in [-0.2, 0) is 19.2 Å². The number of Topliss-reactive ketones (excluding diaryl/α,β-unsaturated/α-hetero) is 1. The summed E-state index contributed by atoms with van der Waals surface area (Å²) >= 11 is 0. The summed E-state index contributed by atoms with van der Waals surface area (Å²) in [4.78, 5) is 66.8. The summed E-state index contributed by atoms with van der Waals surface area (Å²) in [6.07, 6.45) is 0.314. The maximum absolute atomic E-state index is 13.5. The Morgan fingerprint density at radius 3 is 2.31 bits per heavy atom. The largest absolute Gasteiger partial charge is 0.346 e. The molecule has 5 atom stereocenters. The number of amides is 4. The van der Waals surface area contributed by atoms with Gasteiger partial charge in [0.1, 0.15) is 11.6 Å². The zero-order valence-corrected chi connectivity index (χ0v) is 20.3. The van der Waals surface area contributed by atoms with E-state index in [-0.39, 0.29) is 18.0 Å². The first-order valence-corrected chi connectivity index (χ1v) is 11.8. The van der Waals surface area contributed by atoms with Gasteiger partial charge in [-0.3, -0.25) is 29.3 Å². The molecule has 0 radical (unpaired) electrons. The van der Waals surface area contributed by atoms with Crippen molar-refractivity contribution >= 4 is 29.4 Å². The van der Waals surface area contributed by atoms with Crippen LogP contribution in [0.15, 0.2) is 48.5 Å². The van der Waals surface area contributed by atoms with Gasteiger partial charge in [-0.05, 0) is 23.6 Å². The fraction of sp³-hybridized carbons (Fsp3) is 0.385. The number of pyridine rings is 1. The van der Waals surface area contributed by atoms with Crippen LogP contribution < -0.4 is 16.0 Å².